The van der Waals surface area contributed by atoms with Crippen molar-refractivity contribution in [1.29, 1.82) is 0 Å². The summed E-state index contributed by atoms with van der Waals surface area (Å²) in [5.41, 5.74) is 1.67. The number of anilines is 1. The van der Waals surface area contributed by atoms with Gasteiger partial charge in [0.1, 0.15) is 23.7 Å². The molecule has 1 aromatic carbocycles. The van der Waals surface area contributed by atoms with E-state index in [0.29, 0.717) is 24.5 Å². The van der Waals surface area contributed by atoms with Gasteiger partial charge in [-0.05, 0) is 31.5 Å². The zero-order valence-corrected chi connectivity index (χ0v) is 12.0. The highest BCUT2D eigenvalue weighted by atomic mass is 16.6. The van der Waals surface area contributed by atoms with E-state index in [2.05, 4.69) is 10.3 Å². The lowest BCUT2D eigenvalue weighted by Gasteiger charge is -2.11. The van der Waals surface area contributed by atoms with Crippen LogP contribution in [0.3, 0.4) is 0 Å². The van der Waals surface area contributed by atoms with E-state index in [-0.39, 0.29) is 5.69 Å². The number of hydrogen-bond acceptors (Lipinski definition) is 5. The summed E-state index contributed by atoms with van der Waals surface area (Å²) < 4.78 is 5.55. The molecular formula is C15H17N3O3. The standard InChI is InChI=1S/C15H17N3O3/c1-11-10-17-12(2)15(18(19)20)14(11)16-8-9-21-13-6-4-3-5-7-13/h3-7,10H,8-9H2,1-2H3,(H,16,17). The molecule has 0 bridgehead atoms. The van der Waals surface area contributed by atoms with E-state index in [1.165, 1.54) is 0 Å². The first-order valence-corrected chi connectivity index (χ1v) is 6.62. The van der Waals surface area contributed by atoms with Crippen LogP contribution in [0.5, 0.6) is 5.75 Å². The van der Waals surface area contributed by atoms with Gasteiger partial charge in [-0.25, -0.2) is 0 Å². The van der Waals surface area contributed by atoms with Gasteiger partial charge < -0.3 is 10.1 Å². The van der Waals surface area contributed by atoms with Gasteiger partial charge in [-0.2, -0.15) is 0 Å². The summed E-state index contributed by atoms with van der Waals surface area (Å²) in [6.45, 7) is 4.31. The van der Waals surface area contributed by atoms with Crippen molar-refractivity contribution in [2.75, 3.05) is 18.5 Å². The first-order chi connectivity index (χ1) is 10.1. The smallest absolute Gasteiger partial charge is 0.313 e. The molecule has 1 aromatic heterocycles. The fraction of sp³-hybridized carbons (Fsp3) is 0.267. The predicted octanol–water partition coefficient (Wildman–Crippen LogP) is 3.10. The maximum Gasteiger partial charge on any atom is 0.313 e. The largest absolute Gasteiger partial charge is 0.492 e. The number of nitrogens with zero attached hydrogens (tertiary/aromatic N) is 2. The highest BCUT2D eigenvalue weighted by Gasteiger charge is 2.20. The average molecular weight is 287 g/mol. The summed E-state index contributed by atoms with van der Waals surface area (Å²) >= 11 is 0. The van der Waals surface area contributed by atoms with E-state index in [4.69, 9.17) is 4.74 Å². The maximum absolute atomic E-state index is 11.1. The summed E-state index contributed by atoms with van der Waals surface area (Å²) in [7, 11) is 0. The van der Waals surface area contributed by atoms with E-state index in [1.807, 2.05) is 30.3 Å². The first kappa shape index (κ1) is 14.8. The predicted molar refractivity (Wildman–Crippen MR) is 80.8 cm³/mol. The molecule has 0 aliphatic rings. The molecule has 0 saturated carbocycles. The second kappa shape index (κ2) is 6.69. The average Bonchev–Trinajstić information content (AvgIpc) is 2.47. The van der Waals surface area contributed by atoms with Gasteiger partial charge in [-0.1, -0.05) is 18.2 Å². The zero-order chi connectivity index (χ0) is 15.2. The van der Waals surface area contributed by atoms with Crippen LogP contribution >= 0.6 is 0 Å². The van der Waals surface area contributed by atoms with Gasteiger partial charge >= 0.3 is 5.69 Å². The second-order valence-electron chi connectivity index (χ2n) is 4.60. The van der Waals surface area contributed by atoms with Crippen molar-refractivity contribution in [1.82, 2.24) is 4.98 Å². The SMILES string of the molecule is Cc1cnc(C)c([N+](=O)[O-])c1NCCOc1ccccc1. The lowest BCUT2D eigenvalue weighted by atomic mass is 10.2. The van der Waals surface area contributed by atoms with Crippen LogP contribution in [-0.4, -0.2) is 23.1 Å². The number of nitrogens with one attached hydrogen (secondary N) is 1. The van der Waals surface area contributed by atoms with Gasteiger partial charge in [0, 0.05) is 12.7 Å². The monoisotopic (exact) mass is 287 g/mol. The fourth-order valence-electron chi connectivity index (χ4n) is 2.00. The highest BCUT2D eigenvalue weighted by Crippen LogP contribution is 2.29. The molecule has 0 spiro atoms. The number of nitro groups is 1. The molecule has 1 N–H and O–H groups in total. The van der Waals surface area contributed by atoms with Crippen LogP contribution in [0.25, 0.3) is 0 Å². The topological polar surface area (TPSA) is 77.3 Å². The lowest BCUT2D eigenvalue weighted by molar-refractivity contribution is -0.384. The van der Waals surface area contributed by atoms with Gasteiger partial charge in [0.2, 0.25) is 0 Å². The van der Waals surface area contributed by atoms with Gasteiger partial charge in [0.15, 0.2) is 0 Å². The molecule has 21 heavy (non-hydrogen) atoms. The Morgan fingerprint density at radius 3 is 2.67 bits per heavy atom. The number of rotatable bonds is 6. The molecule has 0 saturated heterocycles. The van der Waals surface area contributed by atoms with Gasteiger partial charge in [-0.15, -0.1) is 0 Å². The molecule has 0 fully saturated rings. The molecule has 0 radical (unpaired) electrons. The summed E-state index contributed by atoms with van der Waals surface area (Å²) in [5, 5.41) is 14.2. The molecule has 6 heteroatoms. The molecule has 0 unspecified atom stereocenters. The number of benzene rings is 1. The molecule has 0 atom stereocenters. The molecule has 2 rings (SSSR count). The van der Waals surface area contributed by atoms with Gasteiger partial charge in [0.05, 0.1) is 4.92 Å². The lowest BCUT2D eigenvalue weighted by Crippen LogP contribution is -2.14. The van der Waals surface area contributed by atoms with Crippen molar-refractivity contribution in [3.8, 4) is 5.75 Å². The fourth-order valence-corrected chi connectivity index (χ4v) is 2.00. The third-order valence-electron chi connectivity index (χ3n) is 3.02. The highest BCUT2D eigenvalue weighted by molar-refractivity contribution is 5.67. The Morgan fingerprint density at radius 2 is 2.00 bits per heavy atom. The molecule has 1 heterocycles. The Morgan fingerprint density at radius 1 is 1.29 bits per heavy atom. The Hall–Kier alpha value is -2.63. The van der Waals surface area contributed by atoms with Crippen LogP contribution in [0.2, 0.25) is 0 Å². The Balaban J connectivity index is 2.00. The van der Waals surface area contributed by atoms with Crippen molar-refractivity contribution >= 4 is 11.4 Å². The number of ether oxygens (including phenoxy) is 1. The van der Waals surface area contributed by atoms with E-state index >= 15 is 0 Å². The van der Waals surface area contributed by atoms with Crippen LogP contribution < -0.4 is 10.1 Å². The Labute approximate surface area is 122 Å². The number of aryl methyl sites for hydroxylation is 2. The molecule has 0 aliphatic heterocycles. The van der Waals surface area contributed by atoms with Crippen LogP contribution in [-0.2, 0) is 0 Å². The van der Waals surface area contributed by atoms with E-state index < -0.39 is 4.92 Å². The summed E-state index contributed by atoms with van der Waals surface area (Å²) in [4.78, 5) is 14.8. The number of pyridine rings is 1. The minimum atomic E-state index is -0.407. The van der Waals surface area contributed by atoms with Crippen LogP contribution in [0.4, 0.5) is 11.4 Å². The number of para-hydroxylation sites is 1. The van der Waals surface area contributed by atoms with Crippen LogP contribution in [0.15, 0.2) is 36.5 Å². The summed E-state index contributed by atoms with van der Waals surface area (Å²) in [6.07, 6.45) is 1.63. The van der Waals surface area contributed by atoms with Gasteiger partial charge in [-0.3, -0.25) is 15.1 Å². The minimum absolute atomic E-state index is 0.0229. The van der Waals surface area contributed by atoms with Crippen LogP contribution in [0, 0.1) is 24.0 Å². The third kappa shape index (κ3) is 3.68. The number of hydrogen-bond donors (Lipinski definition) is 1. The normalized spacial score (nSPS) is 10.2. The van der Waals surface area contributed by atoms with Crippen molar-refractivity contribution < 1.29 is 9.66 Å². The molecule has 0 amide bonds. The number of aromatic nitrogens is 1. The van der Waals surface area contributed by atoms with Crippen molar-refractivity contribution in [3.63, 3.8) is 0 Å². The third-order valence-corrected chi connectivity index (χ3v) is 3.02. The van der Waals surface area contributed by atoms with E-state index in [9.17, 15) is 10.1 Å². The molecule has 2 aromatic rings. The van der Waals surface area contributed by atoms with Crippen molar-refractivity contribution in [3.05, 3.63) is 57.9 Å². The minimum Gasteiger partial charge on any atom is -0.492 e. The second-order valence-corrected chi connectivity index (χ2v) is 4.60. The van der Waals surface area contributed by atoms with Gasteiger partial charge in [0.25, 0.3) is 0 Å². The van der Waals surface area contributed by atoms with E-state index in [0.717, 1.165) is 11.3 Å². The van der Waals surface area contributed by atoms with E-state index in [1.54, 1.807) is 20.0 Å². The zero-order valence-electron chi connectivity index (χ0n) is 12.0. The first-order valence-electron chi connectivity index (χ1n) is 6.62. The Bertz CT molecular complexity index is 630. The quantitative estimate of drug-likeness (QED) is 0.502. The van der Waals surface area contributed by atoms with Crippen LogP contribution in [0.1, 0.15) is 11.3 Å². The summed E-state index contributed by atoms with van der Waals surface area (Å²) in [5.74, 6) is 0.774. The molecule has 110 valence electrons. The maximum atomic E-state index is 11.1. The van der Waals surface area contributed by atoms with Crippen molar-refractivity contribution in [2.45, 2.75) is 13.8 Å². The summed E-state index contributed by atoms with van der Waals surface area (Å²) in [6, 6.07) is 9.43. The van der Waals surface area contributed by atoms with Crippen molar-refractivity contribution in [2.24, 2.45) is 0 Å². The molecule has 0 aliphatic carbocycles. The Kier molecular flexibility index (Phi) is 4.71. The molecular weight excluding hydrogens is 270 g/mol. The molecule has 6 nitrogen and oxygen atoms in total.